The molecule has 4 nitrogen and oxygen atoms in total. The quantitative estimate of drug-likeness (QED) is 0.889. The van der Waals surface area contributed by atoms with Crippen LogP contribution in [0.5, 0.6) is 0 Å². The minimum absolute atomic E-state index is 0.395. The summed E-state index contributed by atoms with van der Waals surface area (Å²) in [4.78, 5) is 17.8. The summed E-state index contributed by atoms with van der Waals surface area (Å²) < 4.78 is 39.5. The molecular weight excluding hydrogens is 345 g/mol. The van der Waals surface area contributed by atoms with E-state index >= 15 is 0 Å². The standard InChI is InChI=1S/C19H19F3N2O2/c1-12-5-2-8-15(23-12)17(24-10-4-9-16(24)18(25)26)13-6-3-7-14(11-13)19(20,21)22/h2-3,5-8,11,16-17H,4,9-10H2,1H3,(H,25,26). The fourth-order valence-corrected chi connectivity index (χ4v) is 3.50. The maximum Gasteiger partial charge on any atom is 0.416 e. The van der Waals surface area contributed by atoms with Gasteiger partial charge in [-0.05, 0) is 49.6 Å². The molecule has 138 valence electrons. The molecule has 1 N–H and O–H groups in total. The van der Waals surface area contributed by atoms with Gasteiger partial charge in [-0.1, -0.05) is 18.2 Å². The number of aromatic nitrogens is 1. The first-order chi connectivity index (χ1) is 12.3. The van der Waals surface area contributed by atoms with Crippen molar-refractivity contribution in [1.29, 1.82) is 0 Å². The summed E-state index contributed by atoms with van der Waals surface area (Å²) in [6, 6.07) is 8.99. The van der Waals surface area contributed by atoms with Crippen LogP contribution in [0, 0.1) is 6.92 Å². The number of aliphatic carboxylic acids is 1. The lowest BCUT2D eigenvalue weighted by molar-refractivity contribution is -0.143. The molecule has 0 saturated carbocycles. The first kappa shape index (κ1) is 18.4. The van der Waals surface area contributed by atoms with E-state index in [-0.39, 0.29) is 0 Å². The smallest absolute Gasteiger partial charge is 0.416 e. The van der Waals surface area contributed by atoms with E-state index in [4.69, 9.17) is 0 Å². The fraction of sp³-hybridized carbons (Fsp3) is 0.368. The number of aryl methyl sites for hydroxylation is 1. The number of hydrogen-bond donors (Lipinski definition) is 1. The summed E-state index contributed by atoms with van der Waals surface area (Å²) in [5.41, 5.74) is 0.924. The van der Waals surface area contributed by atoms with E-state index in [0.29, 0.717) is 30.6 Å². The van der Waals surface area contributed by atoms with E-state index in [0.717, 1.165) is 17.8 Å². The molecule has 2 aromatic rings. The molecule has 2 unspecified atom stereocenters. The van der Waals surface area contributed by atoms with Crippen LogP contribution in [0.1, 0.15) is 41.4 Å². The Hall–Kier alpha value is -2.41. The highest BCUT2D eigenvalue weighted by atomic mass is 19.4. The Balaban J connectivity index is 2.11. The van der Waals surface area contributed by atoms with Crippen LogP contribution in [0.3, 0.4) is 0 Å². The lowest BCUT2D eigenvalue weighted by atomic mass is 9.98. The maximum atomic E-state index is 13.2. The highest BCUT2D eigenvalue weighted by Gasteiger charge is 2.38. The zero-order valence-electron chi connectivity index (χ0n) is 14.2. The lowest BCUT2D eigenvalue weighted by Gasteiger charge is -2.31. The molecule has 7 heteroatoms. The first-order valence-electron chi connectivity index (χ1n) is 8.36. The molecular formula is C19H19F3N2O2. The van der Waals surface area contributed by atoms with Gasteiger partial charge in [-0.25, -0.2) is 0 Å². The van der Waals surface area contributed by atoms with E-state index in [1.807, 2.05) is 0 Å². The van der Waals surface area contributed by atoms with Crippen LogP contribution in [0.2, 0.25) is 0 Å². The van der Waals surface area contributed by atoms with Gasteiger partial charge in [0.2, 0.25) is 0 Å². The van der Waals surface area contributed by atoms with E-state index in [2.05, 4.69) is 4.98 Å². The molecule has 1 fully saturated rings. The second-order valence-electron chi connectivity index (χ2n) is 6.46. The number of nitrogens with zero attached hydrogens (tertiary/aromatic N) is 2. The fourth-order valence-electron chi connectivity index (χ4n) is 3.50. The van der Waals surface area contributed by atoms with Crippen LogP contribution in [0.4, 0.5) is 13.2 Å². The molecule has 1 aliphatic heterocycles. The zero-order valence-corrected chi connectivity index (χ0v) is 14.2. The average Bonchev–Trinajstić information content (AvgIpc) is 3.04. The zero-order chi connectivity index (χ0) is 18.9. The SMILES string of the molecule is Cc1cccc(C(c2cccc(C(F)(F)F)c2)N2CCCC2C(=O)O)n1. The van der Waals surface area contributed by atoms with E-state index in [1.54, 1.807) is 36.1 Å². The van der Waals surface area contributed by atoms with Gasteiger partial charge < -0.3 is 5.11 Å². The Bertz CT molecular complexity index is 807. The van der Waals surface area contributed by atoms with Crippen molar-refractivity contribution in [2.24, 2.45) is 0 Å². The van der Waals surface area contributed by atoms with Crippen LogP contribution >= 0.6 is 0 Å². The van der Waals surface area contributed by atoms with Crippen LogP contribution in [0.15, 0.2) is 42.5 Å². The summed E-state index contributed by atoms with van der Waals surface area (Å²) >= 11 is 0. The van der Waals surface area contributed by atoms with Gasteiger partial charge in [0.15, 0.2) is 0 Å². The number of halogens is 3. The van der Waals surface area contributed by atoms with Crippen molar-refractivity contribution >= 4 is 5.97 Å². The summed E-state index contributed by atoms with van der Waals surface area (Å²) in [5, 5.41) is 9.52. The monoisotopic (exact) mass is 364 g/mol. The predicted molar refractivity (Wildman–Crippen MR) is 89.6 cm³/mol. The molecule has 0 amide bonds. The number of alkyl halides is 3. The summed E-state index contributed by atoms with van der Waals surface area (Å²) in [6.45, 7) is 2.29. The molecule has 2 heterocycles. The number of likely N-dealkylation sites (tertiary alicyclic amines) is 1. The second kappa shape index (κ2) is 7.07. The van der Waals surface area contributed by atoms with Crippen LogP contribution in [-0.2, 0) is 11.0 Å². The molecule has 1 aromatic carbocycles. The van der Waals surface area contributed by atoms with Crippen molar-refractivity contribution < 1.29 is 23.1 Å². The third-order valence-electron chi connectivity index (χ3n) is 4.63. The third-order valence-corrected chi connectivity index (χ3v) is 4.63. The number of carboxylic acid groups (broad SMARTS) is 1. The van der Waals surface area contributed by atoms with Gasteiger partial charge in [-0.3, -0.25) is 14.7 Å². The molecule has 1 aliphatic rings. The summed E-state index contributed by atoms with van der Waals surface area (Å²) in [5.74, 6) is -0.966. The molecule has 1 saturated heterocycles. The van der Waals surface area contributed by atoms with Gasteiger partial charge in [0, 0.05) is 12.2 Å². The van der Waals surface area contributed by atoms with Gasteiger partial charge in [-0.2, -0.15) is 13.2 Å². The molecule has 0 bridgehead atoms. The molecule has 2 atom stereocenters. The number of rotatable bonds is 4. The first-order valence-corrected chi connectivity index (χ1v) is 8.36. The number of carbonyl (C=O) groups is 1. The van der Waals surface area contributed by atoms with E-state index in [1.165, 1.54) is 6.07 Å². The third kappa shape index (κ3) is 3.72. The number of benzene rings is 1. The molecule has 0 radical (unpaired) electrons. The van der Waals surface area contributed by atoms with Gasteiger partial charge in [0.1, 0.15) is 6.04 Å². The molecule has 26 heavy (non-hydrogen) atoms. The minimum atomic E-state index is -4.46. The largest absolute Gasteiger partial charge is 0.480 e. The van der Waals surface area contributed by atoms with Crippen molar-refractivity contribution in [1.82, 2.24) is 9.88 Å². The van der Waals surface area contributed by atoms with Gasteiger partial charge in [0.05, 0.1) is 17.3 Å². The average molecular weight is 364 g/mol. The maximum absolute atomic E-state index is 13.2. The topological polar surface area (TPSA) is 53.4 Å². The normalized spacial score (nSPS) is 19.5. The Morgan fingerprint density at radius 3 is 2.65 bits per heavy atom. The molecule has 1 aromatic heterocycles. The van der Waals surface area contributed by atoms with Gasteiger partial charge in [0.25, 0.3) is 0 Å². The summed E-state index contributed by atoms with van der Waals surface area (Å²) in [6.07, 6.45) is -3.31. The predicted octanol–water partition coefficient (Wildman–Crippen LogP) is 4.05. The van der Waals surface area contributed by atoms with E-state index in [9.17, 15) is 23.1 Å². The van der Waals surface area contributed by atoms with Crippen LogP contribution < -0.4 is 0 Å². The molecule has 3 rings (SSSR count). The Morgan fingerprint density at radius 2 is 2.00 bits per heavy atom. The van der Waals surface area contributed by atoms with Gasteiger partial charge in [-0.15, -0.1) is 0 Å². The van der Waals surface area contributed by atoms with Crippen molar-refractivity contribution in [3.63, 3.8) is 0 Å². The Kier molecular flexibility index (Phi) is 5.00. The molecule has 0 spiro atoms. The van der Waals surface area contributed by atoms with Crippen molar-refractivity contribution in [2.75, 3.05) is 6.54 Å². The number of carboxylic acids is 1. The highest BCUT2D eigenvalue weighted by Crippen LogP contribution is 2.37. The van der Waals surface area contributed by atoms with E-state index < -0.39 is 29.8 Å². The molecule has 0 aliphatic carbocycles. The number of pyridine rings is 1. The van der Waals surface area contributed by atoms with Crippen molar-refractivity contribution in [3.05, 3.63) is 65.0 Å². The second-order valence-corrected chi connectivity index (χ2v) is 6.46. The van der Waals surface area contributed by atoms with Crippen LogP contribution in [0.25, 0.3) is 0 Å². The highest BCUT2D eigenvalue weighted by molar-refractivity contribution is 5.74. The summed E-state index contributed by atoms with van der Waals surface area (Å²) in [7, 11) is 0. The van der Waals surface area contributed by atoms with Crippen LogP contribution in [-0.4, -0.2) is 33.5 Å². The van der Waals surface area contributed by atoms with Crippen molar-refractivity contribution in [3.8, 4) is 0 Å². The van der Waals surface area contributed by atoms with Gasteiger partial charge >= 0.3 is 12.1 Å². The van der Waals surface area contributed by atoms with Crippen molar-refractivity contribution in [2.45, 2.75) is 38.0 Å². The Morgan fingerprint density at radius 1 is 1.27 bits per heavy atom. The number of hydrogen-bond acceptors (Lipinski definition) is 3. The minimum Gasteiger partial charge on any atom is -0.480 e. The Labute approximate surface area is 149 Å². The lowest BCUT2D eigenvalue weighted by Crippen LogP contribution is -2.39.